The van der Waals surface area contributed by atoms with E-state index in [4.69, 9.17) is 19.3 Å². The van der Waals surface area contributed by atoms with Gasteiger partial charge in [0.1, 0.15) is 0 Å². The second-order valence-electron chi connectivity index (χ2n) is 6.19. The average molecular weight is 359 g/mol. The van der Waals surface area contributed by atoms with Crippen molar-refractivity contribution in [1.29, 1.82) is 0 Å². The molecule has 0 aliphatic carbocycles. The van der Waals surface area contributed by atoms with Crippen molar-refractivity contribution in [2.45, 2.75) is 91.5 Å². The molecule has 0 aromatic rings. The Labute approximate surface area is 153 Å². The predicted octanol–water partition coefficient (Wildman–Crippen LogP) is 5.29. The topological polar surface area (TPSA) is 65.0 Å². The van der Waals surface area contributed by atoms with Crippen LogP contribution >= 0.6 is 0 Å². The monoisotopic (exact) mass is 358 g/mol. The number of allylic oxidation sites excluding steroid dienone is 1. The molecule has 0 rings (SSSR count). The molecule has 25 heavy (non-hydrogen) atoms. The maximum absolute atomic E-state index is 10.7. The Bertz CT molecular complexity index is 348. The zero-order chi connectivity index (χ0) is 19.0. The SMILES string of the molecule is CCOC(CCCCCCCCCC=C(C)C(=O)O)(OCC)OCC. The fourth-order valence-electron chi connectivity index (χ4n) is 2.78. The zero-order valence-electron chi connectivity index (χ0n) is 16.6. The van der Waals surface area contributed by atoms with Crippen molar-refractivity contribution < 1.29 is 24.1 Å². The Morgan fingerprint density at radius 3 is 1.72 bits per heavy atom. The summed E-state index contributed by atoms with van der Waals surface area (Å²) in [5.74, 6) is -1.69. The lowest BCUT2D eigenvalue weighted by Crippen LogP contribution is -2.39. The minimum atomic E-state index is -0.868. The maximum Gasteiger partial charge on any atom is 0.330 e. The Morgan fingerprint density at radius 2 is 1.28 bits per heavy atom. The first-order chi connectivity index (χ1) is 12.0. The van der Waals surface area contributed by atoms with Crippen LogP contribution in [0.25, 0.3) is 0 Å². The molecule has 0 saturated carbocycles. The summed E-state index contributed by atoms with van der Waals surface area (Å²) in [6, 6.07) is 0. The van der Waals surface area contributed by atoms with Gasteiger partial charge in [-0.3, -0.25) is 0 Å². The number of aliphatic carboxylic acids is 1. The van der Waals surface area contributed by atoms with Crippen molar-refractivity contribution in [2.75, 3.05) is 19.8 Å². The molecule has 5 nitrogen and oxygen atoms in total. The zero-order valence-corrected chi connectivity index (χ0v) is 16.6. The van der Waals surface area contributed by atoms with Gasteiger partial charge in [0, 0.05) is 31.8 Å². The summed E-state index contributed by atoms with van der Waals surface area (Å²) >= 11 is 0. The van der Waals surface area contributed by atoms with Gasteiger partial charge in [0.2, 0.25) is 0 Å². The first-order valence-electron chi connectivity index (χ1n) is 9.83. The van der Waals surface area contributed by atoms with E-state index in [0.717, 1.165) is 38.5 Å². The van der Waals surface area contributed by atoms with Crippen molar-refractivity contribution in [3.63, 3.8) is 0 Å². The second kappa shape index (κ2) is 15.4. The first kappa shape index (κ1) is 24.1. The maximum atomic E-state index is 10.7. The van der Waals surface area contributed by atoms with E-state index in [1.54, 1.807) is 6.92 Å². The third kappa shape index (κ3) is 12.1. The third-order valence-corrected chi connectivity index (χ3v) is 4.07. The van der Waals surface area contributed by atoms with E-state index in [1.165, 1.54) is 19.3 Å². The molecule has 0 unspecified atom stereocenters. The summed E-state index contributed by atoms with van der Waals surface area (Å²) in [4.78, 5) is 10.7. The van der Waals surface area contributed by atoms with E-state index in [2.05, 4.69) is 0 Å². The summed E-state index contributed by atoms with van der Waals surface area (Å²) < 4.78 is 17.2. The molecule has 148 valence electrons. The molecule has 1 N–H and O–H groups in total. The highest BCUT2D eigenvalue weighted by Gasteiger charge is 2.31. The van der Waals surface area contributed by atoms with Gasteiger partial charge in [-0.2, -0.15) is 0 Å². The van der Waals surface area contributed by atoms with Crippen LogP contribution in [0.2, 0.25) is 0 Å². The Morgan fingerprint density at radius 1 is 0.840 bits per heavy atom. The summed E-state index contributed by atoms with van der Waals surface area (Å²) in [5, 5.41) is 8.77. The van der Waals surface area contributed by atoms with Gasteiger partial charge in [0.05, 0.1) is 0 Å². The van der Waals surface area contributed by atoms with Gasteiger partial charge in [-0.15, -0.1) is 0 Å². The molecular weight excluding hydrogens is 320 g/mol. The molecule has 0 fully saturated rings. The van der Waals surface area contributed by atoms with E-state index >= 15 is 0 Å². The van der Waals surface area contributed by atoms with Crippen LogP contribution in [0.5, 0.6) is 0 Å². The molecule has 0 heterocycles. The van der Waals surface area contributed by atoms with E-state index in [1.807, 2.05) is 26.8 Å². The molecule has 5 heteroatoms. The van der Waals surface area contributed by atoms with Crippen LogP contribution in [0.4, 0.5) is 0 Å². The lowest BCUT2D eigenvalue weighted by atomic mass is 10.1. The minimum Gasteiger partial charge on any atom is -0.478 e. The number of ether oxygens (including phenoxy) is 3. The second-order valence-corrected chi connectivity index (χ2v) is 6.19. The highest BCUT2D eigenvalue weighted by Crippen LogP contribution is 2.24. The fourth-order valence-corrected chi connectivity index (χ4v) is 2.78. The number of carboxylic acid groups (broad SMARTS) is 1. The van der Waals surface area contributed by atoms with Crippen molar-refractivity contribution in [2.24, 2.45) is 0 Å². The van der Waals surface area contributed by atoms with Crippen LogP contribution in [0.3, 0.4) is 0 Å². The molecule has 0 aromatic heterocycles. The highest BCUT2D eigenvalue weighted by atomic mass is 16.9. The van der Waals surface area contributed by atoms with Gasteiger partial charge >= 0.3 is 5.97 Å². The summed E-state index contributed by atoms with van der Waals surface area (Å²) in [5.41, 5.74) is 0.446. The molecule has 0 bridgehead atoms. The molecule has 0 aromatic carbocycles. The standard InChI is InChI=1S/C20H38O5/c1-5-23-20(24-6-2,25-7-3)17-15-13-11-9-8-10-12-14-16-18(4)19(21)22/h16H,5-15,17H2,1-4H3,(H,21,22). The smallest absolute Gasteiger partial charge is 0.330 e. The Kier molecular flexibility index (Phi) is 14.8. The number of hydrogen-bond acceptors (Lipinski definition) is 4. The molecular formula is C20H38O5. The number of rotatable bonds is 17. The molecule has 0 aliphatic heterocycles. The molecule has 0 amide bonds. The predicted molar refractivity (Wildman–Crippen MR) is 101 cm³/mol. The summed E-state index contributed by atoms with van der Waals surface area (Å²) in [7, 11) is 0. The number of carboxylic acids is 1. The number of carbonyl (C=O) groups is 1. The third-order valence-electron chi connectivity index (χ3n) is 4.07. The van der Waals surface area contributed by atoms with Crippen LogP contribution < -0.4 is 0 Å². The van der Waals surface area contributed by atoms with Crippen LogP contribution in [0.1, 0.15) is 85.5 Å². The van der Waals surface area contributed by atoms with Gasteiger partial charge in [-0.1, -0.05) is 38.2 Å². The Balaban J connectivity index is 3.78. The van der Waals surface area contributed by atoms with Crippen molar-refractivity contribution in [1.82, 2.24) is 0 Å². The first-order valence-corrected chi connectivity index (χ1v) is 9.83. The van der Waals surface area contributed by atoms with E-state index in [-0.39, 0.29) is 0 Å². The average Bonchev–Trinajstić information content (AvgIpc) is 2.57. The lowest BCUT2D eigenvalue weighted by Gasteiger charge is -2.32. The molecule has 0 spiro atoms. The van der Waals surface area contributed by atoms with E-state index in [0.29, 0.717) is 25.4 Å². The normalized spacial score (nSPS) is 12.6. The quantitative estimate of drug-likeness (QED) is 0.217. The minimum absolute atomic E-state index is 0.446. The van der Waals surface area contributed by atoms with Gasteiger partial charge in [-0.25, -0.2) is 4.79 Å². The van der Waals surface area contributed by atoms with Gasteiger partial charge < -0.3 is 19.3 Å². The summed E-state index contributed by atoms with van der Waals surface area (Å²) in [6.07, 6.45) is 11.4. The molecule has 0 saturated heterocycles. The van der Waals surface area contributed by atoms with Crippen molar-refractivity contribution >= 4 is 5.97 Å². The van der Waals surface area contributed by atoms with Gasteiger partial charge in [0.25, 0.3) is 5.97 Å². The number of hydrogen-bond donors (Lipinski definition) is 1. The van der Waals surface area contributed by atoms with E-state index < -0.39 is 11.9 Å². The van der Waals surface area contributed by atoms with Gasteiger partial charge in [0.15, 0.2) is 0 Å². The van der Waals surface area contributed by atoms with Crippen molar-refractivity contribution in [3.8, 4) is 0 Å². The molecule has 0 atom stereocenters. The van der Waals surface area contributed by atoms with Gasteiger partial charge in [-0.05, 0) is 47.0 Å². The van der Waals surface area contributed by atoms with Crippen molar-refractivity contribution in [3.05, 3.63) is 11.6 Å². The number of unbranched alkanes of at least 4 members (excludes halogenated alkanes) is 7. The largest absolute Gasteiger partial charge is 0.478 e. The van der Waals surface area contributed by atoms with Crippen LogP contribution in [-0.2, 0) is 19.0 Å². The highest BCUT2D eigenvalue weighted by molar-refractivity contribution is 5.85. The summed E-state index contributed by atoms with van der Waals surface area (Å²) in [6.45, 7) is 9.26. The lowest BCUT2D eigenvalue weighted by molar-refractivity contribution is -0.380. The Hall–Kier alpha value is -0.910. The molecule has 0 radical (unpaired) electrons. The van der Waals surface area contributed by atoms with Crippen LogP contribution in [0, 0.1) is 0 Å². The fraction of sp³-hybridized carbons (Fsp3) is 0.850. The van der Waals surface area contributed by atoms with E-state index in [9.17, 15) is 4.79 Å². The molecule has 0 aliphatic rings. The van der Waals surface area contributed by atoms with Crippen LogP contribution in [-0.4, -0.2) is 36.9 Å². The van der Waals surface area contributed by atoms with Crippen LogP contribution in [0.15, 0.2) is 11.6 Å².